The van der Waals surface area contributed by atoms with Crippen molar-refractivity contribution in [1.29, 1.82) is 0 Å². The number of halogens is 1. The van der Waals surface area contributed by atoms with Crippen molar-refractivity contribution < 1.29 is 23.8 Å². The molecule has 3 atom stereocenters. The number of ether oxygens (including phenoxy) is 1. The van der Waals surface area contributed by atoms with E-state index in [-0.39, 0.29) is 30.2 Å². The number of hydrogen-bond donors (Lipinski definition) is 1. The second-order valence-corrected chi connectivity index (χ2v) is 8.56. The summed E-state index contributed by atoms with van der Waals surface area (Å²) in [7, 11) is 1.36. The summed E-state index contributed by atoms with van der Waals surface area (Å²) >= 11 is 0. The minimum atomic E-state index is -1.21. The van der Waals surface area contributed by atoms with E-state index in [9.17, 15) is 19.1 Å². The third-order valence-electron chi connectivity index (χ3n) is 5.80. The van der Waals surface area contributed by atoms with Crippen molar-refractivity contribution in [3.05, 3.63) is 35.6 Å². The molecule has 1 unspecified atom stereocenters. The molecule has 1 aromatic rings. The Labute approximate surface area is 173 Å². The fourth-order valence-corrected chi connectivity index (χ4v) is 4.35. The monoisotopic (exact) mass is 407 g/mol. The van der Waals surface area contributed by atoms with Crippen LogP contribution >= 0.6 is 0 Å². The minimum Gasteiger partial charge on any atom is -0.469 e. The summed E-state index contributed by atoms with van der Waals surface area (Å²) in [6.07, 6.45) is 3.11. The lowest BCUT2D eigenvalue weighted by molar-refractivity contribution is -0.156. The zero-order valence-electron chi connectivity index (χ0n) is 18.0. The highest BCUT2D eigenvalue weighted by atomic mass is 19.1. The van der Waals surface area contributed by atoms with Crippen LogP contribution in [0.15, 0.2) is 24.3 Å². The number of benzene rings is 1. The van der Waals surface area contributed by atoms with Gasteiger partial charge in [0.15, 0.2) is 0 Å². The Hall–Kier alpha value is -1.95. The third-order valence-corrected chi connectivity index (χ3v) is 5.80. The summed E-state index contributed by atoms with van der Waals surface area (Å²) in [4.78, 5) is 27.6. The van der Waals surface area contributed by atoms with Crippen LogP contribution in [0.4, 0.5) is 4.39 Å². The number of methoxy groups -OCH3 is 1. The number of rotatable bonds is 8. The number of likely N-dealkylation sites (tertiary alicyclic amines) is 1. The predicted molar refractivity (Wildman–Crippen MR) is 109 cm³/mol. The van der Waals surface area contributed by atoms with Crippen LogP contribution in [0, 0.1) is 23.6 Å². The first-order valence-electron chi connectivity index (χ1n) is 10.6. The van der Waals surface area contributed by atoms with Crippen LogP contribution in [-0.4, -0.2) is 42.1 Å². The SMILES string of the molecule is CCC[C@H](C(=O)OC)[C@@H](CC(C)C)C(=O)N1CCCC(O)(c2ccc(F)cc2)C1. The lowest BCUT2D eigenvalue weighted by Gasteiger charge is -2.41. The smallest absolute Gasteiger partial charge is 0.309 e. The summed E-state index contributed by atoms with van der Waals surface area (Å²) in [5.41, 5.74) is -0.606. The van der Waals surface area contributed by atoms with Gasteiger partial charge >= 0.3 is 5.97 Å². The van der Waals surface area contributed by atoms with Gasteiger partial charge in [0.05, 0.1) is 25.5 Å². The Balaban J connectivity index is 2.27. The van der Waals surface area contributed by atoms with Gasteiger partial charge in [-0.05, 0) is 49.3 Å². The van der Waals surface area contributed by atoms with Crippen molar-refractivity contribution in [2.75, 3.05) is 20.2 Å². The third kappa shape index (κ3) is 5.78. The van der Waals surface area contributed by atoms with E-state index < -0.39 is 17.4 Å². The van der Waals surface area contributed by atoms with Crippen molar-refractivity contribution in [1.82, 2.24) is 4.90 Å². The highest BCUT2D eigenvalue weighted by Gasteiger charge is 2.42. The number of carbonyl (C=O) groups excluding carboxylic acids is 2. The number of amides is 1. The molecule has 2 rings (SSSR count). The van der Waals surface area contributed by atoms with Gasteiger partial charge in [-0.15, -0.1) is 0 Å². The molecule has 1 aliphatic rings. The maximum absolute atomic E-state index is 13.5. The van der Waals surface area contributed by atoms with E-state index in [1.54, 1.807) is 17.0 Å². The van der Waals surface area contributed by atoms with Gasteiger partial charge in [0, 0.05) is 6.54 Å². The minimum absolute atomic E-state index is 0.109. The fraction of sp³-hybridized carbons (Fsp3) is 0.652. The van der Waals surface area contributed by atoms with Gasteiger partial charge in [-0.25, -0.2) is 4.39 Å². The summed E-state index contributed by atoms with van der Waals surface area (Å²) in [6.45, 7) is 6.74. The van der Waals surface area contributed by atoms with Crippen LogP contribution in [0.25, 0.3) is 0 Å². The Kier molecular flexibility index (Phi) is 8.20. The summed E-state index contributed by atoms with van der Waals surface area (Å²) in [5, 5.41) is 11.2. The topological polar surface area (TPSA) is 66.8 Å². The zero-order valence-corrected chi connectivity index (χ0v) is 18.0. The molecule has 0 bridgehead atoms. The normalized spacial score (nSPS) is 21.7. The Morgan fingerprint density at radius 2 is 1.90 bits per heavy atom. The van der Waals surface area contributed by atoms with Crippen LogP contribution in [-0.2, 0) is 19.9 Å². The van der Waals surface area contributed by atoms with Crippen LogP contribution in [0.5, 0.6) is 0 Å². The first kappa shape index (κ1) is 23.3. The molecule has 6 heteroatoms. The van der Waals surface area contributed by atoms with E-state index in [0.29, 0.717) is 37.8 Å². The molecular weight excluding hydrogens is 373 g/mol. The highest BCUT2D eigenvalue weighted by molar-refractivity contribution is 5.85. The molecule has 1 amide bonds. The Bertz CT molecular complexity index is 691. The number of hydrogen-bond acceptors (Lipinski definition) is 4. The van der Waals surface area contributed by atoms with Crippen LogP contribution in [0.3, 0.4) is 0 Å². The number of carbonyl (C=O) groups is 2. The molecule has 1 fully saturated rings. The molecule has 1 N–H and O–H groups in total. The number of aliphatic hydroxyl groups is 1. The van der Waals surface area contributed by atoms with Crippen molar-refractivity contribution in [2.24, 2.45) is 17.8 Å². The maximum Gasteiger partial charge on any atom is 0.309 e. The standard InChI is InChI=1S/C23H34FNO4/c1-5-7-19(22(27)29-4)20(14-16(2)3)21(26)25-13-6-12-23(28,15-25)17-8-10-18(24)11-9-17/h8-11,16,19-20,28H,5-7,12-15H2,1-4H3/t19-,20+,23?/m0/s1. The van der Waals surface area contributed by atoms with Gasteiger partial charge in [-0.3, -0.25) is 9.59 Å². The predicted octanol–water partition coefficient (Wildman–Crippen LogP) is 3.89. The number of piperidine rings is 1. The molecule has 0 radical (unpaired) electrons. The lowest BCUT2D eigenvalue weighted by Crippen LogP contribution is -2.51. The molecule has 1 saturated heterocycles. The first-order chi connectivity index (χ1) is 13.7. The average molecular weight is 408 g/mol. The molecule has 0 spiro atoms. The molecule has 5 nitrogen and oxygen atoms in total. The zero-order chi connectivity index (χ0) is 21.6. The molecule has 162 valence electrons. The molecule has 0 aromatic heterocycles. The van der Waals surface area contributed by atoms with Crippen molar-refractivity contribution in [3.8, 4) is 0 Å². The van der Waals surface area contributed by atoms with Gasteiger partial charge in [0.1, 0.15) is 11.4 Å². The summed E-state index contributed by atoms with van der Waals surface area (Å²) in [6, 6.07) is 5.79. The van der Waals surface area contributed by atoms with Gasteiger partial charge in [0.25, 0.3) is 0 Å². The quantitative estimate of drug-likeness (QED) is 0.664. The maximum atomic E-state index is 13.5. The van der Waals surface area contributed by atoms with Crippen molar-refractivity contribution in [3.63, 3.8) is 0 Å². The van der Waals surface area contributed by atoms with Crippen LogP contribution in [0.2, 0.25) is 0 Å². The number of nitrogens with zero attached hydrogens (tertiary/aromatic N) is 1. The molecular formula is C23H34FNO4. The second-order valence-electron chi connectivity index (χ2n) is 8.56. The highest BCUT2D eigenvalue weighted by Crippen LogP contribution is 2.35. The molecule has 29 heavy (non-hydrogen) atoms. The molecule has 0 saturated carbocycles. The van der Waals surface area contributed by atoms with E-state index in [4.69, 9.17) is 4.74 Å². The van der Waals surface area contributed by atoms with Gasteiger partial charge < -0.3 is 14.7 Å². The van der Waals surface area contributed by atoms with E-state index >= 15 is 0 Å². The second kappa shape index (κ2) is 10.2. The van der Waals surface area contributed by atoms with E-state index in [2.05, 4.69) is 0 Å². The molecule has 0 aliphatic carbocycles. The van der Waals surface area contributed by atoms with E-state index in [0.717, 1.165) is 6.42 Å². The van der Waals surface area contributed by atoms with Crippen molar-refractivity contribution >= 4 is 11.9 Å². The lowest BCUT2D eigenvalue weighted by atomic mass is 9.80. The first-order valence-corrected chi connectivity index (χ1v) is 10.6. The molecule has 1 aliphatic heterocycles. The van der Waals surface area contributed by atoms with E-state index in [1.807, 2.05) is 20.8 Å². The summed E-state index contributed by atoms with van der Waals surface area (Å²) < 4.78 is 18.3. The largest absolute Gasteiger partial charge is 0.469 e. The Morgan fingerprint density at radius 3 is 2.45 bits per heavy atom. The van der Waals surface area contributed by atoms with Crippen LogP contribution < -0.4 is 0 Å². The summed E-state index contributed by atoms with van der Waals surface area (Å²) in [5.74, 6) is -1.54. The number of esters is 1. The average Bonchev–Trinajstić information content (AvgIpc) is 2.69. The van der Waals surface area contributed by atoms with Gasteiger partial charge in [-0.1, -0.05) is 39.3 Å². The fourth-order valence-electron chi connectivity index (χ4n) is 4.35. The molecule has 1 heterocycles. The van der Waals surface area contributed by atoms with Gasteiger partial charge in [0.2, 0.25) is 5.91 Å². The van der Waals surface area contributed by atoms with Gasteiger partial charge in [-0.2, -0.15) is 0 Å². The van der Waals surface area contributed by atoms with Crippen molar-refractivity contribution in [2.45, 2.75) is 58.5 Å². The van der Waals surface area contributed by atoms with E-state index in [1.165, 1.54) is 19.2 Å². The molecule has 1 aromatic carbocycles. The Morgan fingerprint density at radius 1 is 1.24 bits per heavy atom. The van der Waals surface area contributed by atoms with Crippen LogP contribution in [0.1, 0.15) is 58.4 Å². The number of β-amino-alcohol motifs (C(OH)–C–C–N with tert-alkyl or cyclic N) is 1.